The zero-order chi connectivity index (χ0) is 23.9. The Hall–Kier alpha value is -3.60. The van der Waals surface area contributed by atoms with Gasteiger partial charge in [-0.25, -0.2) is 0 Å². The monoisotopic (exact) mass is 441 g/mol. The van der Waals surface area contributed by atoms with Crippen molar-refractivity contribution in [3.8, 4) is 0 Å². The third-order valence-corrected chi connectivity index (χ3v) is 6.52. The molecule has 3 aromatic carbocycles. The molecule has 1 heterocycles. The third-order valence-electron chi connectivity index (χ3n) is 6.52. The van der Waals surface area contributed by atoms with Crippen molar-refractivity contribution >= 4 is 28.9 Å². The van der Waals surface area contributed by atoms with Gasteiger partial charge >= 0.3 is 0 Å². The summed E-state index contributed by atoms with van der Waals surface area (Å²) in [7, 11) is 3.96. The van der Waals surface area contributed by atoms with Crippen molar-refractivity contribution in [1.82, 2.24) is 0 Å². The predicted octanol–water partition coefficient (Wildman–Crippen LogP) is 5.11. The van der Waals surface area contributed by atoms with Crippen LogP contribution in [0, 0.1) is 27.7 Å². The van der Waals surface area contributed by atoms with Crippen LogP contribution >= 0.6 is 0 Å². The number of rotatable bonds is 4. The van der Waals surface area contributed by atoms with Gasteiger partial charge in [0.15, 0.2) is 0 Å². The molecule has 0 N–H and O–H groups in total. The zero-order valence-electron chi connectivity index (χ0n) is 20.2. The fourth-order valence-corrected chi connectivity index (χ4v) is 4.52. The molecule has 170 valence electrons. The van der Waals surface area contributed by atoms with Gasteiger partial charge in [-0.05, 0) is 74.2 Å². The maximum Gasteiger partial charge on any atom is 0.255 e. The molecular formula is C28H31N3O2. The van der Waals surface area contributed by atoms with Gasteiger partial charge in [0.25, 0.3) is 5.91 Å². The number of piperazine rings is 1. The second-order valence-electron chi connectivity index (χ2n) is 9.09. The molecule has 4 rings (SSSR count). The van der Waals surface area contributed by atoms with E-state index in [2.05, 4.69) is 6.07 Å². The molecule has 0 saturated carbocycles. The van der Waals surface area contributed by atoms with Crippen molar-refractivity contribution in [2.24, 2.45) is 0 Å². The average molecular weight is 442 g/mol. The van der Waals surface area contributed by atoms with Gasteiger partial charge in [-0.3, -0.25) is 14.5 Å². The van der Waals surface area contributed by atoms with Crippen molar-refractivity contribution in [2.45, 2.75) is 33.7 Å². The molecule has 1 saturated heterocycles. The molecule has 0 aliphatic carbocycles. The lowest BCUT2D eigenvalue weighted by atomic mass is 9.96. The number of hydrogen-bond donors (Lipinski definition) is 0. The lowest BCUT2D eigenvalue weighted by Crippen LogP contribution is -2.56. The molecule has 0 bridgehead atoms. The second-order valence-corrected chi connectivity index (χ2v) is 9.09. The first-order valence-electron chi connectivity index (χ1n) is 11.2. The van der Waals surface area contributed by atoms with Gasteiger partial charge in [0.05, 0.1) is 0 Å². The van der Waals surface area contributed by atoms with Crippen LogP contribution < -0.4 is 14.7 Å². The van der Waals surface area contributed by atoms with Crippen LogP contribution in [0.3, 0.4) is 0 Å². The van der Waals surface area contributed by atoms with Gasteiger partial charge in [-0.2, -0.15) is 0 Å². The Kier molecular flexibility index (Phi) is 5.98. The summed E-state index contributed by atoms with van der Waals surface area (Å²) < 4.78 is 0. The maximum atomic E-state index is 14.0. The van der Waals surface area contributed by atoms with E-state index in [9.17, 15) is 9.59 Å². The molecule has 3 aromatic rings. The van der Waals surface area contributed by atoms with E-state index >= 15 is 0 Å². The number of aryl methyl sites for hydroxylation is 3. The normalized spacial score (nSPS) is 16.4. The highest BCUT2D eigenvalue weighted by atomic mass is 16.2. The summed E-state index contributed by atoms with van der Waals surface area (Å²) in [5.41, 5.74) is 7.62. The summed E-state index contributed by atoms with van der Waals surface area (Å²) in [4.78, 5) is 33.0. The lowest BCUT2D eigenvalue weighted by molar-refractivity contribution is -0.128. The largest absolute Gasteiger partial charge is 0.378 e. The topological polar surface area (TPSA) is 43.9 Å². The average Bonchev–Trinajstić information content (AvgIpc) is 2.77. The minimum absolute atomic E-state index is 0.0166. The third kappa shape index (κ3) is 4.11. The molecule has 1 aliphatic heterocycles. The summed E-state index contributed by atoms with van der Waals surface area (Å²) in [6.45, 7) is 8.06. The zero-order valence-corrected chi connectivity index (χ0v) is 20.2. The number of anilines is 3. The quantitative estimate of drug-likeness (QED) is 0.565. The van der Waals surface area contributed by atoms with Crippen LogP contribution in [0.4, 0.5) is 17.1 Å². The maximum absolute atomic E-state index is 14.0. The van der Waals surface area contributed by atoms with Gasteiger partial charge in [-0.15, -0.1) is 0 Å². The first-order valence-corrected chi connectivity index (χ1v) is 11.2. The Bertz CT molecular complexity index is 1210. The van der Waals surface area contributed by atoms with E-state index in [-0.39, 0.29) is 18.4 Å². The van der Waals surface area contributed by atoms with Crippen LogP contribution in [0.1, 0.15) is 33.9 Å². The van der Waals surface area contributed by atoms with Gasteiger partial charge in [0, 0.05) is 31.2 Å². The number of nitrogens with zero attached hydrogens (tertiary/aromatic N) is 3. The number of hydrogen-bond acceptors (Lipinski definition) is 3. The van der Waals surface area contributed by atoms with E-state index in [1.165, 1.54) is 0 Å². The van der Waals surface area contributed by atoms with E-state index in [4.69, 9.17) is 0 Å². The molecule has 1 fully saturated rings. The Balaban J connectivity index is 1.86. The van der Waals surface area contributed by atoms with Crippen LogP contribution in [0.5, 0.6) is 0 Å². The van der Waals surface area contributed by atoms with E-state index in [1.54, 1.807) is 9.80 Å². The molecule has 1 aliphatic rings. The van der Waals surface area contributed by atoms with Crippen LogP contribution in [-0.2, 0) is 9.59 Å². The van der Waals surface area contributed by atoms with Crippen LogP contribution in [0.25, 0.3) is 0 Å². The predicted molar refractivity (Wildman–Crippen MR) is 135 cm³/mol. The van der Waals surface area contributed by atoms with Crippen molar-refractivity contribution in [2.75, 3.05) is 35.3 Å². The molecule has 0 radical (unpaired) electrons. The molecule has 5 nitrogen and oxygen atoms in total. The van der Waals surface area contributed by atoms with Crippen LogP contribution in [0.2, 0.25) is 0 Å². The highest BCUT2D eigenvalue weighted by molar-refractivity contribution is 6.15. The number of carbonyl (C=O) groups is 2. The lowest BCUT2D eigenvalue weighted by Gasteiger charge is -2.41. The Morgan fingerprint density at radius 3 is 2.15 bits per heavy atom. The minimum atomic E-state index is -0.733. The van der Waals surface area contributed by atoms with E-state index < -0.39 is 6.04 Å². The summed E-state index contributed by atoms with van der Waals surface area (Å²) >= 11 is 0. The summed E-state index contributed by atoms with van der Waals surface area (Å²) in [6.07, 6.45) is 0. The Morgan fingerprint density at radius 2 is 1.52 bits per heavy atom. The molecular weight excluding hydrogens is 410 g/mol. The molecule has 0 spiro atoms. The number of benzene rings is 3. The van der Waals surface area contributed by atoms with Crippen molar-refractivity contribution in [1.29, 1.82) is 0 Å². The van der Waals surface area contributed by atoms with Gasteiger partial charge in [0.2, 0.25) is 5.91 Å². The summed E-state index contributed by atoms with van der Waals surface area (Å²) in [5.74, 6) is -0.190. The second kappa shape index (κ2) is 8.74. The summed E-state index contributed by atoms with van der Waals surface area (Å²) in [6, 6.07) is 19.0. The van der Waals surface area contributed by atoms with Crippen LogP contribution in [-0.4, -0.2) is 32.5 Å². The molecule has 5 heteroatoms. The van der Waals surface area contributed by atoms with Crippen molar-refractivity contribution in [3.05, 3.63) is 88.5 Å². The smallest absolute Gasteiger partial charge is 0.255 e. The SMILES string of the molecule is Cc1ccc(N2C(=O)CN(c3cccc(C)c3C)C(=O)C2c2ccc(N(C)C)cc2)c(C)c1. The minimum Gasteiger partial charge on any atom is -0.378 e. The number of amides is 2. The Labute approximate surface area is 196 Å². The molecule has 1 atom stereocenters. The van der Waals surface area contributed by atoms with Crippen LogP contribution in [0.15, 0.2) is 60.7 Å². The van der Waals surface area contributed by atoms with E-state index in [1.807, 2.05) is 101 Å². The molecule has 1 unspecified atom stereocenters. The highest BCUT2D eigenvalue weighted by Crippen LogP contribution is 2.37. The van der Waals surface area contributed by atoms with E-state index in [0.717, 1.165) is 44.9 Å². The molecule has 0 aromatic heterocycles. The molecule has 2 amide bonds. The standard InChI is InChI=1S/C28H31N3O2/c1-18-10-15-24(20(3)16-18)31-26(32)17-30(25-9-7-8-19(2)21(25)4)28(33)27(31)22-11-13-23(14-12-22)29(5)6/h7-16,27H,17H2,1-6H3. The van der Waals surface area contributed by atoms with Crippen molar-refractivity contribution in [3.63, 3.8) is 0 Å². The fraction of sp³-hybridized carbons (Fsp3) is 0.286. The fourth-order valence-electron chi connectivity index (χ4n) is 4.52. The molecule has 33 heavy (non-hydrogen) atoms. The first kappa shape index (κ1) is 22.6. The van der Waals surface area contributed by atoms with E-state index in [0.29, 0.717) is 0 Å². The van der Waals surface area contributed by atoms with Gasteiger partial charge in [0.1, 0.15) is 12.6 Å². The summed E-state index contributed by atoms with van der Waals surface area (Å²) in [5, 5.41) is 0. The van der Waals surface area contributed by atoms with Crippen molar-refractivity contribution < 1.29 is 9.59 Å². The number of carbonyl (C=O) groups excluding carboxylic acids is 2. The first-order chi connectivity index (χ1) is 15.7. The Morgan fingerprint density at radius 1 is 0.818 bits per heavy atom. The highest BCUT2D eigenvalue weighted by Gasteiger charge is 2.42. The van der Waals surface area contributed by atoms with Gasteiger partial charge < -0.3 is 9.80 Å². The van der Waals surface area contributed by atoms with Gasteiger partial charge in [-0.1, -0.05) is 42.0 Å².